The molecule has 1 heterocycles. The summed E-state index contributed by atoms with van der Waals surface area (Å²) in [6.45, 7) is 0. The molecule has 0 aliphatic carbocycles. The first-order valence-electron chi connectivity index (χ1n) is 4.02. The Bertz CT molecular complexity index is 273. The normalized spacial score (nSPS) is 16.4. The fourth-order valence-corrected chi connectivity index (χ4v) is 1.42. The monoisotopic (exact) mass is 189 g/mol. The summed E-state index contributed by atoms with van der Waals surface area (Å²) < 4.78 is 1.90. The fraction of sp³-hybridized carbons (Fsp3) is 0. The number of halogens is 1. The van der Waals surface area contributed by atoms with E-state index in [4.69, 9.17) is 11.5 Å². The minimum Gasteiger partial charge on any atom is -0.424 e. The van der Waals surface area contributed by atoms with E-state index >= 15 is 0 Å². The van der Waals surface area contributed by atoms with Gasteiger partial charge in [-0.1, -0.05) is 18.2 Å². The van der Waals surface area contributed by atoms with Crippen molar-refractivity contribution in [2.45, 2.75) is 0 Å². The SMILES string of the molecule is ClB1N[B]N[B]N1c1ccccc1. The van der Waals surface area contributed by atoms with Crippen LogP contribution in [0.2, 0.25) is 0 Å². The Morgan fingerprint density at radius 3 is 2.77 bits per heavy atom. The van der Waals surface area contributed by atoms with Crippen molar-refractivity contribution in [3.8, 4) is 0 Å². The molecule has 1 aromatic carbocycles. The molecule has 13 heavy (non-hydrogen) atoms. The number of rotatable bonds is 1. The van der Waals surface area contributed by atoms with Crippen LogP contribution in [0, 0.1) is 0 Å². The van der Waals surface area contributed by atoms with Crippen LogP contribution in [0.25, 0.3) is 0 Å². The molecule has 0 bridgehead atoms. The summed E-state index contributed by atoms with van der Waals surface area (Å²) in [5.74, 6) is 0. The lowest BCUT2D eigenvalue weighted by Crippen LogP contribution is -2.63. The molecular weight excluding hydrogens is 182 g/mol. The molecule has 1 aromatic rings. The van der Waals surface area contributed by atoms with Crippen molar-refractivity contribution in [2.24, 2.45) is 0 Å². The van der Waals surface area contributed by atoms with Gasteiger partial charge in [0.05, 0.1) is 0 Å². The van der Waals surface area contributed by atoms with Crippen LogP contribution in [0.5, 0.6) is 0 Å². The van der Waals surface area contributed by atoms with Gasteiger partial charge in [-0.15, -0.1) is 11.5 Å². The Kier molecular flexibility index (Phi) is 2.83. The Morgan fingerprint density at radius 2 is 2.08 bits per heavy atom. The Morgan fingerprint density at radius 1 is 1.31 bits per heavy atom. The fourth-order valence-electron chi connectivity index (χ4n) is 1.19. The Labute approximate surface area is 84.4 Å². The summed E-state index contributed by atoms with van der Waals surface area (Å²) in [6, 6.07) is 9.93. The van der Waals surface area contributed by atoms with E-state index in [0.29, 0.717) is 0 Å². The summed E-state index contributed by atoms with van der Waals surface area (Å²) in [4.78, 5) is 0. The van der Waals surface area contributed by atoms with Gasteiger partial charge in [0.25, 0.3) is 7.55 Å². The third kappa shape index (κ3) is 2.02. The highest BCUT2D eigenvalue weighted by atomic mass is 35.5. The zero-order valence-electron chi connectivity index (χ0n) is 6.94. The van der Waals surface area contributed by atoms with Gasteiger partial charge < -0.3 is 15.0 Å². The zero-order valence-corrected chi connectivity index (χ0v) is 7.70. The van der Waals surface area contributed by atoms with E-state index in [1.165, 1.54) is 0 Å². The van der Waals surface area contributed by atoms with Crippen molar-refractivity contribution in [1.29, 1.82) is 0 Å². The number of benzene rings is 1. The molecule has 7 heteroatoms. The van der Waals surface area contributed by atoms with Crippen molar-refractivity contribution >= 4 is 38.6 Å². The third-order valence-corrected chi connectivity index (χ3v) is 2.15. The predicted octanol–water partition coefficient (Wildman–Crippen LogP) is -0.0221. The van der Waals surface area contributed by atoms with Crippen molar-refractivity contribution in [2.75, 3.05) is 4.72 Å². The minimum atomic E-state index is -0.233. The molecule has 0 atom stereocenters. The lowest BCUT2D eigenvalue weighted by molar-refractivity contribution is 1.30. The van der Waals surface area contributed by atoms with Gasteiger partial charge in [-0.3, -0.25) is 0 Å². The number of para-hydroxylation sites is 1. The number of nitrogens with one attached hydrogen (secondary N) is 2. The van der Waals surface area contributed by atoms with Crippen LogP contribution in [0.15, 0.2) is 30.3 Å². The maximum absolute atomic E-state index is 6.03. The van der Waals surface area contributed by atoms with Crippen LogP contribution in [0.4, 0.5) is 5.69 Å². The van der Waals surface area contributed by atoms with Gasteiger partial charge in [0.2, 0.25) is 0 Å². The second-order valence-corrected chi connectivity index (χ2v) is 3.10. The quantitative estimate of drug-likeness (QED) is 0.608. The summed E-state index contributed by atoms with van der Waals surface area (Å²) in [7, 11) is 3.53. The van der Waals surface area contributed by atoms with Gasteiger partial charge in [-0.25, -0.2) is 0 Å². The van der Waals surface area contributed by atoms with E-state index in [1.807, 2.05) is 42.6 Å². The van der Waals surface area contributed by atoms with Crippen LogP contribution in [0.1, 0.15) is 0 Å². The molecule has 2 N–H and O–H groups in total. The molecule has 1 aliphatic rings. The van der Waals surface area contributed by atoms with Gasteiger partial charge in [0.1, 0.15) is 0 Å². The molecule has 0 unspecified atom stereocenters. The summed E-state index contributed by atoms with van der Waals surface area (Å²) >= 11 is 6.03. The van der Waals surface area contributed by atoms with E-state index < -0.39 is 0 Å². The molecule has 0 amide bonds. The van der Waals surface area contributed by atoms with Gasteiger partial charge >= 0.3 is 13.9 Å². The average Bonchev–Trinajstić information content (AvgIpc) is 2.20. The lowest BCUT2D eigenvalue weighted by Gasteiger charge is -2.31. The molecule has 0 saturated carbocycles. The first kappa shape index (κ1) is 9.00. The number of hydrogen-bond acceptors (Lipinski definition) is 3. The van der Waals surface area contributed by atoms with Crippen LogP contribution < -0.4 is 15.0 Å². The molecule has 0 spiro atoms. The zero-order chi connectivity index (χ0) is 9.10. The molecule has 1 saturated heterocycles. The van der Waals surface area contributed by atoms with Crippen molar-refractivity contribution in [3.05, 3.63) is 30.3 Å². The van der Waals surface area contributed by atoms with Gasteiger partial charge in [-0.2, -0.15) is 0 Å². The first-order chi connectivity index (χ1) is 6.38. The summed E-state index contributed by atoms with van der Waals surface area (Å²) in [5, 5.41) is 5.90. The maximum Gasteiger partial charge on any atom is 0.426 e. The lowest BCUT2D eigenvalue weighted by atomic mass is 9.79. The standard InChI is InChI=1S/C6H7B3ClN3/c10-9-12-7-11-8-13(9)6-4-2-1-3-5-6/h1-5,11-12H. The molecule has 3 nitrogen and oxygen atoms in total. The van der Waals surface area contributed by atoms with Crippen LogP contribution in [-0.4, -0.2) is 21.5 Å². The van der Waals surface area contributed by atoms with Gasteiger partial charge in [0, 0.05) is 5.69 Å². The van der Waals surface area contributed by atoms with E-state index in [9.17, 15) is 0 Å². The van der Waals surface area contributed by atoms with E-state index in [1.54, 1.807) is 7.55 Å². The van der Waals surface area contributed by atoms with E-state index in [2.05, 4.69) is 10.3 Å². The topological polar surface area (TPSA) is 27.3 Å². The Hall–Kier alpha value is -0.575. The molecule has 2 rings (SSSR count). The van der Waals surface area contributed by atoms with Crippen molar-refractivity contribution < 1.29 is 0 Å². The molecule has 1 fully saturated rings. The van der Waals surface area contributed by atoms with E-state index in [0.717, 1.165) is 5.69 Å². The number of hydrogen-bond donors (Lipinski definition) is 2. The third-order valence-electron chi connectivity index (χ3n) is 1.82. The van der Waals surface area contributed by atoms with Crippen LogP contribution >= 0.6 is 11.5 Å². The second-order valence-electron chi connectivity index (χ2n) is 2.69. The highest BCUT2D eigenvalue weighted by Gasteiger charge is 2.26. The van der Waals surface area contributed by atoms with Gasteiger partial charge in [-0.05, 0) is 12.1 Å². The average molecular weight is 189 g/mol. The first-order valence-corrected chi connectivity index (χ1v) is 4.46. The largest absolute Gasteiger partial charge is 0.426 e. The predicted molar refractivity (Wildman–Crippen MR) is 58.3 cm³/mol. The number of nitrogens with zero attached hydrogens (tertiary/aromatic N) is 1. The van der Waals surface area contributed by atoms with E-state index in [-0.39, 0.29) is 6.40 Å². The number of anilines is 1. The molecule has 1 aliphatic heterocycles. The Balaban J connectivity index is 2.15. The van der Waals surface area contributed by atoms with Crippen molar-refractivity contribution in [3.63, 3.8) is 0 Å². The summed E-state index contributed by atoms with van der Waals surface area (Å²) in [5.41, 5.74) is 1.05. The minimum absolute atomic E-state index is 0.233. The highest BCUT2D eigenvalue weighted by Crippen LogP contribution is 2.14. The molecular formula is C6H7B3ClN3. The smallest absolute Gasteiger partial charge is 0.424 e. The molecule has 62 valence electrons. The highest BCUT2D eigenvalue weighted by molar-refractivity contribution is 7.13. The summed E-state index contributed by atoms with van der Waals surface area (Å²) in [6.07, 6.45) is -0.233. The molecule has 0 aromatic heterocycles. The molecule has 2 radical (unpaired) electrons. The van der Waals surface area contributed by atoms with Crippen LogP contribution in [-0.2, 0) is 0 Å². The van der Waals surface area contributed by atoms with Crippen molar-refractivity contribution in [1.82, 2.24) is 10.3 Å². The van der Waals surface area contributed by atoms with Crippen LogP contribution in [0.3, 0.4) is 0 Å². The second kappa shape index (κ2) is 4.09. The van der Waals surface area contributed by atoms with Gasteiger partial charge in [0.15, 0.2) is 0 Å². The maximum atomic E-state index is 6.03.